The Morgan fingerprint density at radius 3 is 2.86 bits per heavy atom. The van der Waals surface area contributed by atoms with Crippen LogP contribution in [0.25, 0.3) is 27.5 Å². The molecule has 0 aliphatic carbocycles. The first kappa shape index (κ1) is 25.3. The molecule has 2 atom stereocenters. The van der Waals surface area contributed by atoms with Crippen molar-refractivity contribution in [3.63, 3.8) is 0 Å². The van der Waals surface area contributed by atoms with E-state index in [1.54, 1.807) is 34.2 Å². The third kappa shape index (κ3) is 5.66. The molecule has 5 heterocycles. The van der Waals surface area contributed by atoms with E-state index in [1.165, 1.54) is 0 Å². The maximum absolute atomic E-state index is 13.3. The molecule has 0 spiro atoms. The van der Waals surface area contributed by atoms with E-state index in [-0.39, 0.29) is 18.1 Å². The summed E-state index contributed by atoms with van der Waals surface area (Å²) in [6.07, 6.45) is 4.32. The molecule has 1 N–H and O–H groups in total. The van der Waals surface area contributed by atoms with E-state index in [4.69, 9.17) is 19.4 Å². The molecule has 1 fully saturated rings. The van der Waals surface area contributed by atoms with Gasteiger partial charge in [0.1, 0.15) is 6.10 Å². The summed E-state index contributed by atoms with van der Waals surface area (Å²) in [5, 5.41) is 9.58. The summed E-state index contributed by atoms with van der Waals surface area (Å²) in [7, 11) is 0. The van der Waals surface area contributed by atoms with E-state index in [0.717, 1.165) is 35.6 Å². The van der Waals surface area contributed by atoms with Gasteiger partial charge in [-0.1, -0.05) is 19.9 Å². The molecular weight excluding hydrogens is 488 g/mol. The number of carbonyl (C=O) groups excluding carboxylic acids is 1. The van der Waals surface area contributed by atoms with Crippen LogP contribution < -0.4 is 10.1 Å². The first-order chi connectivity index (χ1) is 18.1. The number of pyridine rings is 1. The molecule has 1 amide bonds. The Morgan fingerprint density at radius 2 is 2.14 bits per heavy atom. The summed E-state index contributed by atoms with van der Waals surface area (Å²) in [5.74, 6) is 0.225. The number of thiophene rings is 1. The number of amides is 1. The van der Waals surface area contributed by atoms with E-state index < -0.39 is 0 Å². The molecule has 2 unspecified atom stereocenters. The van der Waals surface area contributed by atoms with Gasteiger partial charge in [-0.2, -0.15) is 5.10 Å². The number of likely N-dealkylation sites (N-methyl/N-ethyl adjacent to an activating group) is 1. The quantitative estimate of drug-likeness (QED) is 0.336. The van der Waals surface area contributed by atoms with Crippen molar-refractivity contribution in [1.82, 2.24) is 29.8 Å². The monoisotopic (exact) mass is 520 g/mol. The van der Waals surface area contributed by atoms with Crippen molar-refractivity contribution in [2.24, 2.45) is 0 Å². The molecule has 1 aliphatic heterocycles. The lowest BCUT2D eigenvalue weighted by molar-refractivity contribution is 0.0936. The zero-order valence-electron chi connectivity index (χ0n) is 21.4. The molecular formula is C27H32N6O3S. The second kappa shape index (κ2) is 11.4. The van der Waals surface area contributed by atoms with Gasteiger partial charge in [-0.15, -0.1) is 11.3 Å². The first-order valence-electron chi connectivity index (χ1n) is 12.7. The largest absolute Gasteiger partial charge is 0.472 e. The van der Waals surface area contributed by atoms with Gasteiger partial charge in [0.15, 0.2) is 5.65 Å². The van der Waals surface area contributed by atoms with E-state index in [0.29, 0.717) is 42.5 Å². The van der Waals surface area contributed by atoms with Crippen LogP contribution >= 0.6 is 11.3 Å². The van der Waals surface area contributed by atoms with Gasteiger partial charge in [-0.05, 0) is 43.6 Å². The Morgan fingerprint density at radius 1 is 1.27 bits per heavy atom. The van der Waals surface area contributed by atoms with Crippen molar-refractivity contribution >= 4 is 22.9 Å². The Bertz CT molecular complexity index is 1350. The molecule has 0 aromatic carbocycles. The number of fused-ring (bicyclic) bond motifs is 1. The first-order valence-corrected chi connectivity index (χ1v) is 13.6. The fraction of sp³-hybridized carbons (Fsp3) is 0.407. The van der Waals surface area contributed by atoms with Gasteiger partial charge in [0.2, 0.25) is 5.88 Å². The predicted molar refractivity (Wildman–Crippen MR) is 144 cm³/mol. The van der Waals surface area contributed by atoms with Crippen LogP contribution in [0.1, 0.15) is 37.6 Å². The van der Waals surface area contributed by atoms with Gasteiger partial charge in [-0.25, -0.2) is 14.5 Å². The predicted octanol–water partition coefficient (Wildman–Crippen LogP) is 4.15. The summed E-state index contributed by atoms with van der Waals surface area (Å²) in [6, 6.07) is 9.70. The summed E-state index contributed by atoms with van der Waals surface area (Å²) >= 11 is 1.63. The normalized spacial score (nSPS) is 16.4. The highest BCUT2D eigenvalue weighted by Crippen LogP contribution is 2.29. The van der Waals surface area contributed by atoms with Crippen molar-refractivity contribution < 1.29 is 14.3 Å². The molecule has 0 saturated carbocycles. The van der Waals surface area contributed by atoms with Crippen LogP contribution in [0.4, 0.5) is 0 Å². The summed E-state index contributed by atoms with van der Waals surface area (Å²) < 4.78 is 13.3. The van der Waals surface area contributed by atoms with E-state index in [1.807, 2.05) is 29.8 Å². The lowest BCUT2D eigenvalue weighted by Gasteiger charge is -2.26. The average molecular weight is 521 g/mol. The zero-order chi connectivity index (χ0) is 25.8. The Labute approximate surface area is 220 Å². The van der Waals surface area contributed by atoms with Gasteiger partial charge >= 0.3 is 0 Å². The highest BCUT2D eigenvalue weighted by Gasteiger charge is 2.21. The smallest absolute Gasteiger partial charge is 0.251 e. The van der Waals surface area contributed by atoms with Crippen LogP contribution in [-0.2, 0) is 4.74 Å². The van der Waals surface area contributed by atoms with Crippen LogP contribution in [0.3, 0.4) is 0 Å². The van der Waals surface area contributed by atoms with Gasteiger partial charge in [-0.3, -0.25) is 9.69 Å². The van der Waals surface area contributed by atoms with Gasteiger partial charge < -0.3 is 14.8 Å². The zero-order valence-corrected chi connectivity index (χ0v) is 22.2. The highest BCUT2D eigenvalue weighted by molar-refractivity contribution is 7.13. The average Bonchev–Trinajstić information content (AvgIpc) is 3.69. The second-order valence-electron chi connectivity index (χ2n) is 9.08. The molecule has 0 radical (unpaired) electrons. The molecule has 1 aliphatic rings. The molecule has 10 heteroatoms. The van der Waals surface area contributed by atoms with Crippen LogP contribution in [0.15, 0.2) is 48.1 Å². The molecule has 0 bridgehead atoms. The van der Waals surface area contributed by atoms with Crippen molar-refractivity contribution in [3.05, 3.63) is 53.7 Å². The number of rotatable bonds is 10. The second-order valence-corrected chi connectivity index (χ2v) is 10.0. The number of hydrogen-bond acceptors (Lipinski definition) is 8. The molecule has 5 rings (SSSR count). The number of ether oxygens (including phenoxy) is 2. The fourth-order valence-electron chi connectivity index (χ4n) is 4.54. The number of aromatic nitrogens is 4. The van der Waals surface area contributed by atoms with Crippen molar-refractivity contribution in [2.75, 3.05) is 32.8 Å². The van der Waals surface area contributed by atoms with Gasteiger partial charge in [0, 0.05) is 36.8 Å². The van der Waals surface area contributed by atoms with Crippen LogP contribution in [0.5, 0.6) is 5.88 Å². The lowest BCUT2D eigenvalue weighted by Crippen LogP contribution is -2.42. The van der Waals surface area contributed by atoms with Gasteiger partial charge in [0.25, 0.3) is 5.91 Å². The van der Waals surface area contributed by atoms with Crippen molar-refractivity contribution in [3.8, 4) is 27.7 Å². The SMILES string of the molecule is CCN(CC)C(C)CNC(=O)c1cc(OC2CCOC2)nc(-c2cnn3ccc(-c4cccs4)nc23)c1. The maximum Gasteiger partial charge on any atom is 0.251 e. The minimum Gasteiger partial charge on any atom is -0.472 e. The highest BCUT2D eigenvalue weighted by atomic mass is 32.1. The van der Waals surface area contributed by atoms with Crippen molar-refractivity contribution in [1.29, 1.82) is 0 Å². The Balaban J connectivity index is 1.48. The van der Waals surface area contributed by atoms with Crippen molar-refractivity contribution in [2.45, 2.75) is 39.3 Å². The number of nitrogens with one attached hydrogen (secondary N) is 1. The molecule has 4 aromatic heterocycles. The molecule has 194 valence electrons. The third-order valence-corrected chi connectivity index (χ3v) is 7.54. The third-order valence-electron chi connectivity index (χ3n) is 6.65. The molecule has 37 heavy (non-hydrogen) atoms. The van der Waals surface area contributed by atoms with Crippen LogP contribution in [0, 0.1) is 0 Å². The maximum atomic E-state index is 13.3. The van der Waals surface area contributed by atoms with E-state index in [9.17, 15) is 4.79 Å². The molecule has 1 saturated heterocycles. The Kier molecular flexibility index (Phi) is 7.78. The Hall–Kier alpha value is -3.34. The number of hydrogen-bond donors (Lipinski definition) is 1. The minimum atomic E-state index is -0.168. The number of carbonyl (C=O) groups is 1. The lowest BCUT2D eigenvalue weighted by atomic mass is 10.1. The topological polar surface area (TPSA) is 93.9 Å². The minimum absolute atomic E-state index is 0.0891. The fourth-order valence-corrected chi connectivity index (χ4v) is 5.24. The summed E-state index contributed by atoms with van der Waals surface area (Å²) in [6.45, 7) is 9.96. The summed E-state index contributed by atoms with van der Waals surface area (Å²) in [5.41, 5.74) is 3.34. The van der Waals surface area contributed by atoms with E-state index >= 15 is 0 Å². The van der Waals surface area contributed by atoms with Crippen LogP contribution in [-0.4, -0.2) is 75.4 Å². The molecule has 9 nitrogen and oxygen atoms in total. The standard InChI is InChI=1S/C27H32N6O3S/c1-4-32(5-2)18(3)15-28-27(34)19-13-23(30-25(14-19)36-20-9-11-35-17-20)21-16-29-33-10-8-22(31-26(21)33)24-7-6-12-37-24/h6-8,10,12-14,16,18,20H,4-5,9,11,15,17H2,1-3H3,(H,28,34). The van der Waals surface area contributed by atoms with Gasteiger partial charge in [0.05, 0.1) is 41.2 Å². The van der Waals surface area contributed by atoms with E-state index in [2.05, 4.69) is 36.1 Å². The summed E-state index contributed by atoms with van der Waals surface area (Å²) in [4.78, 5) is 26.3. The molecule has 4 aromatic rings. The number of nitrogens with zero attached hydrogens (tertiary/aromatic N) is 5. The van der Waals surface area contributed by atoms with Crippen LogP contribution in [0.2, 0.25) is 0 Å².